The fourth-order valence-corrected chi connectivity index (χ4v) is 7.39. The molecule has 16 heteroatoms. The van der Waals surface area contributed by atoms with E-state index in [4.69, 9.17) is 63.8 Å². The zero-order valence-corrected chi connectivity index (χ0v) is 48.0. The molecule has 426 valence electrons. The molecule has 73 heavy (non-hydrogen) atoms. The van der Waals surface area contributed by atoms with Crippen LogP contribution in [0.3, 0.4) is 0 Å². The predicted octanol–water partition coefficient (Wildman–Crippen LogP) is 9.18. The van der Waals surface area contributed by atoms with Crippen molar-refractivity contribution in [3.8, 4) is 28.7 Å². The molecule has 0 amide bonds. The topological polar surface area (TPSA) is 236 Å². The zero-order valence-electron chi connectivity index (χ0n) is 48.0. The van der Waals surface area contributed by atoms with Gasteiger partial charge in [-0.25, -0.2) is 0 Å². The molecule has 3 aromatic rings. The van der Waals surface area contributed by atoms with Gasteiger partial charge in [0.2, 0.25) is 5.75 Å². The number of methoxy groups -OCH3 is 3. The number of ether oxygens (including phenoxy) is 8. The molecule has 3 saturated heterocycles. The van der Waals surface area contributed by atoms with Crippen LogP contribution in [0.5, 0.6) is 28.7 Å². The Morgan fingerprint density at radius 3 is 1.21 bits per heavy atom. The number of benzene rings is 3. The zero-order chi connectivity index (χ0) is 56.6. The van der Waals surface area contributed by atoms with Crippen molar-refractivity contribution in [1.82, 2.24) is 0 Å². The Hall–Kier alpha value is -3.46. The van der Waals surface area contributed by atoms with E-state index in [9.17, 15) is 10.2 Å². The Morgan fingerprint density at radius 2 is 0.945 bits per heavy atom. The molecule has 0 saturated carbocycles. The monoisotopic (exact) mass is 1040 g/mol. The van der Waals surface area contributed by atoms with Crippen LogP contribution in [0.4, 0.5) is 0 Å². The third-order valence-electron chi connectivity index (χ3n) is 11.7. The highest BCUT2D eigenvalue weighted by Gasteiger charge is 2.41. The second-order valence-electron chi connectivity index (χ2n) is 18.0. The van der Waals surface area contributed by atoms with Crippen LogP contribution in [-0.4, -0.2) is 161 Å². The molecule has 3 aromatic carbocycles. The van der Waals surface area contributed by atoms with Crippen LogP contribution in [0.25, 0.3) is 0 Å². The largest absolute Gasteiger partial charge is 0.490 e. The number of aliphatic hydroxyl groups is 8. The van der Waals surface area contributed by atoms with Gasteiger partial charge in [0.05, 0.1) is 44.7 Å². The number of hydrogen-bond donors (Lipinski definition) is 8. The molecular formula is C57H102O16. The molecular weight excluding hydrogens is 941 g/mol. The standard InChI is InChI=1S/C30H38O3.C9H18O4.2C6H12O2.C2H6O.4CH4O/c1-18(2)23-10-12-26(21(7)14-23)32-28-16-25(20(5)6)17-29(30(28)31-9)33-27-13-11-24(19(3)4)15-22(27)8;1-4-6-8(11)7(10)5(2)9(12-3)13-6;2*7-5-6-3-1-2-4-8-6;1-3-2;4*1-2/h10-20H,1-9H3;5-11H,4H2,1-3H3;2*6-7H,1-5H2;1-2H3;4*2H,1H3. The third-order valence-corrected chi connectivity index (χ3v) is 11.7. The maximum absolute atomic E-state index is 9.64. The highest BCUT2D eigenvalue weighted by Crippen LogP contribution is 2.45. The molecule has 0 bridgehead atoms. The first-order chi connectivity index (χ1) is 35.0. The SMILES string of the molecule is CCC1OC(OC)C(C)C(O)C1O.CO.CO.CO.CO.COC.COc1c(Oc2ccc(C(C)C)cc2C)cc(C(C)C)cc1Oc1ccc(C(C)C)cc1C.OCC1CCCCO1.OCC1CCCCO1. The summed E-state index contributed by atoms with van der Waals surface area (Å²) >= 11 is 0. The van der Waals surface area contributed by atoms with E-state index in [-0.39, 0.29) is 37.4 Å². The van der Waals surface area contributed by atoms with Gasteiger partial charge in [-0.15, -0.1) is 0 Å². The molecule has 3 aliphatic heterocycles. The summed E-state index contributed by atoms with van der Waals surface area (Å²) in [5.74, 6) is 4.63. The third kappa shape index (κ3) is 27.8. The van der Waals surface area contributed by atoms with Gasteiger partial charge in [-0.3, -0.25) is 0 Å². The van der Waals surface area contributed by atoms with Gasteiger partial charge in [-0.05, 0) is 129 Å². The summed E-state index contributed by atoms with van der Waals surface area (Å²) in [6.07, 6.45) is 5.49. The Morgan fingerprint density at radius 1 is 0.562 bits per heavy atom. The first kappa shape index (κ1) is 73.8. The number of hydrogen-bond acceptors (Lipinski definition) is 16. The number of aliphatic hydroxyl groups excluding tert-OH is 8. The second-order valence-corrected chi connectivity index (χ2v) is 18.0. The quantitative estimate of drug-likeness (QED) is 0.0844. The lowest BCUT2D eigenvalue weighted by molar-refractivity contribution is -0.269. The molecule has 16 nitrogen and oxygen atoms in total. The summed E-state index contributed by atoms with van der Waals surface area (Å²) in [7, 11) is 10.5. The minimum atomic E-state index is -0.800. The smallest absolute Gasteiger partial charge is 0.204 e. The molecule has 0 aromatic heterocycles. The van der Waals surface area contributed by atoms with Crippen LogP contribution in [-0.2, 0) is 23.7 Å². The van der Waals surface area contributed by atoms with Crippen LogP contribution in [0.2, 0.25) is 0 Å². The molecule has 0 aliphatic carbocycles. The number of aryl methyl sites for hydroxylation is 2. The summed E-state index contributed by atoms with van der Waals surface area (Å²) < 4.78 is 43.7. The highest BCUT2D eigenvalue weighted by molar-refractivity contribution is 5.58. The molecule has 0 radical (unpaired) electrons. The van der Waals surface area contributed by atoms with Gasteiger partial charge in [-0.2, -0.15) is 0 Å². The van der Waals surface area contributed by atoms with Crippen molar-refractivity contribution >= 4 is 0 Å². The summed E-state index contributed by atoms with van der Waals surface area (Å²) in [6.45, 7) is 23.1. The summed E-state index contributed by atoms with van der Waals surface area (Å²) in [5.41, 5.74) is 5.93. The fraction of sp³-hybridized carbons (Fsp3) is 0.684. The minimum Gasteiger partial charge on any atom is -0.490 e. The van der Waals surface area contributed by atoms with E-state index in [1.165, 1.54) is 31.1 Å². The van der Waals surface area contributed by atoms with E-state index in [1.807, 2.05) is 19.1 Å². The van der Waals surface area contributed by atoms with Crippen molar-refractivity contribution in [3.05, 3.63) is 76.3 Å². The summed E-state index contributed by atoms with van der Waals surface area (Å²) in [4.78, 5) is 0. The minimum absolute atomic E-state index is 0.142. The second kappa shape index (κ2) is 44.8. The van der Waals surface area contributed by atoms with E-state index in [1.54, 1.807) is 28.3 Å². The van der Waals surface area contributed by atoms with Gasteiger partial charge in [0.1, 0.15) is 17.6 Å². The van der Waals surface area contributed by atoms with Crippen molar-refractivity contribution in [2.45, 2.75) is 169 Å². The Balaban J connectivity index is -0.000000996. The van der Waals surface area contributed by atoms with Gasteiger partial charge in [-0.1, -0.05) is 79.7 Å². The van der Waals surface area contributed by atoms with E-state index in [0.29, 0.717) is 41.4 Å². The molecule has 3 fully saturated rings. The van der Waals surface area contributed by atoms with Gasteiger partial charge in [0.25, 0.3) is 0 Å². The van der Waals surface area contributed by atoms with Crippen molar-refractivity contribution < 1.29 is 78.7 Å². The molecule has 8 N–H and O–H groups in total. The molecule has 7 atom stereocenters. The molecule has 6 rings (SSSR count). The molecule has 3 aliphatic rings. The van der Waals surface area contributed by atoms with Crippen LogP contribution < -0.4 is 14.2 Å². The molecule has 7 unspecified atom stereocenters. The fourth-order valence-electron chi connectivity index (χ4n) is 7.39. The number of rotatable bonds is 12. The van der Waals surface area contributed by atoms with Crippen molar-refractivity contribution in [1.29, 1.82) is 0 Å². The van der Waals surface area contributed by atoms with Crippen LogP contribution in [0.15, 0.2) is 48.5 Å². The first-order valence-corrected chi connectivity index (χ1v) is 25.5. The maximum Gasteiger partial charge on any atom is 0.204 e. The van der Waals surface area contributed by atoms with E-state index >= 15 is 0 Å². The summed E-state index contributed by atoms with van der Waals surface area (Å²) in [5, 5.41) is 64.4. The Bertz CT molecular complexity index is 1630. The van der Waals surface area contributed by atoms with Crippen molar-refractivity contribution in [3.63, 3.8) is 0 Å². The van der Waals surface area contributed by atoms with Crippen molar-refractivity contribution in [2.75, 3.05) is 83.3 Å². The maximum atomic E-state index is 9.64. The lowest BCUT2D eigenvalue weighted by atomic mass is 9.91. The van der Waals surface area contributed by atoms with Gasteiger partial charge < -0.3 is 78.7 Å². The van der Waals surface area contributed by atoms with Crippen LogP contribution in [0.1, 0.15) is 146 Å². The van der Waals surface area contributed by atoms with Gasteiger partial charge in [0.15, 0.2) is 17.8 Å². The first-order valence-electron chi connectivity index (χ1n) is 25.5. The predicted molar refractivity (Wildman–Crippen MR) is 292 cm³/mol. The van der Waals surface area contributed by atoms with E-state index < -0.39 is 18.5 Å². The Labute approximate surface area is 440 Å². The average molecular weight is 1040 g/mol. The van der Waals surface area contributed by atoms with E-state index in [2.05, 4.69) is 96.5 Å². The molecule has 0 spiro atoms. The van der Waals surface area contributed by atoms with E-state index in [0.717, 1.165) is 95.5 Å². The van der Waals surface area contributed by atoms with Gasteiger partial charge in [0, 0.05) is 68.9 Å². The highest BCUT2D eigenvalue weighted by atomic mass is 16.7. The average Bonchev–Trinajstić information content (AvgIpc) is 3.42. The lowest BCUT2D eigenvalue weighted by Gasteiger charge is -2.40. The molecule has 3 heterocycles. The normalized spacial score (nSPS) is 20.6. The van der Waals surface area contributed by atoms with Crippen LogP contribution >= 0.6 is 0 Å². The van der Waals surface area contributed by atoms with Crippen LogP contribution in [0, 0.1) is 19.8 Å². The Kier molecular flexibility index (Phi) is 45.3. The lowest BCUT2D eigenvalue weighted by Crippen LogP contribution is -2.53. The van der Waals surface area contributed by atoms with Gasteiger partial charge >= 0.3 is 0 Å². The summed E-state index contributed by atoms with van der Waals surface area (Å²) in [6, 6.07) is 16.8. The van der Waals surface area contributed by atoms with Crippen molar-refractivity contribution in [2.24, 2.45) is 5.92 Å².